The first-order valence-electron chi connectivity index (χ1n) is 13.5. The van der Waals surface area contributed by atoms with Gasteiger partial charge in [0.1, 0.15) is 22.9 Å². The van der Waals surface area contributed by atoms with Crippen LogP contribution in [0.2, 0.25) is 5.02 Å². The summed E-state index contributed by atoms with van der Waals surface area (Å²) in [5, 5.41) is 14.8. The summed E-state index contributed by atoms with van der Waals surface area (Å²) in [4.78, 5) is 25.3. The number of benzene rings is 1. The number of carbonyl (C=O) groups excluding carboxylic acids is 1. The standard InChI is InChI=1S/C29H32ClN5O4/c1-16-27(17(2)39-33-16)18-13-23-28(31-15-18)35(19-7-10-21(36)11-8-19)29(32-23)24-5-4-6-26(37)34(24)20-9-12-25(38-3)22(30)14-20/h9,12-15,19,21,24,36H,4-8,10-11H2,1-3H3/t19?,21?,24-/m0/s1. The number of aliphatic hydroxyl groups is 1. The van der Waals surface area contributed by atoms with Crippen molar-refractivity contribution in [3.63, 3.8) is 0 Å². The molecule has 1 saturated carbocycles. The van der Waals surface area contributed by atoms with Crippen molar-refractivity contribution in [1.82, 2.24) is 19.7 Å². The van der Waals surface area contributed by atoms with E-state index in [0.717, 1.165) is 83.8 Å². The molecule has 6 rings (SSSR count). The lowest BCUT2D eigenvalue weighted by atomic mass is 9.92. The van der Waals surface area contributed by atoms with Crippen molar-refractivity contribution in [3.05, 3.63) is 52.8 Å². The van der Waals surface area contributed by atoms with Gasteiger partial charge in [0.2, 0.25) is 5.91 Å². The normalized spacial score (nSPS) is 22.0. The van der Waals surface area contributed by atoms with Gasteiger partial charge in [0.15, 0.2) is 5.65 Å². The van der Waals surface area contributed by atoms with Gasteiger partial charge in [-0.2, -0.15) is 0 Å². The molecule has 1 atom stereocenters. The highest BCUT2D eigenvalue weighted by Crippen LogP contribution is 2.42. The molecule has 1 amide bonds. The van der Waals surface area contributed by atoms with Crippen molar-refractivity contribution >= 4 is 34.4 Å². The van der Waals surface area contributed by atoms with Gasteiger partial charge in [-0.3, -0.25) is 4.79 Å². The summed E-state index contributed by atoms with van der Waals surface area (Å²) in [5.41, 5.74) is 4.88. The summed E-state index contributed by atoms with van der Waals surface area (Å²) in [7, 11) is 1.57. The number of methoxy groups -OCH3 is 1. The third-order valence-corrected chi connectivity index (χ3v) is 8.37. The number of anilines is 1. The van der Waals surface area contributed by atoms with E-state index in [0.29, 0.717) is 17.2 Å². The minimum absolute atomic E-state index is 0.0366. The summed E-state index contributed by atoms with van der Waals surface area (Å²) in [6, 6.07) is 7.33. The minimum atomic E-state index is -0.284. The van der Waals surface area contributed by atoms with Crippen molar-refractivity contribution in [2.24, 2.45) is 0 Å². The van der Waals surface area contributed by atoms with Gasteiger partial charge in [-0.15, -0.1) is 0 Å². The lowest BCUT2D eigenvalue weighted by molar-refractivity contribution is -0.120. The number of pyridine rings is 1. The van der Waals surface area contributed by atoms with Crippen molar-refractivity contribution in [1.29, 1.82) is 0 Å². The number of aromatic nitrogens is 4. The number of aryl methyl sites for hydroxylation is 2. The van der Waals surface area contributed by atoms with Gasteiger partial charge >= 0.3 is 0 Å². The van der Waals surface area contributed by atoms with Crippen LogP contribution in [0.3, 0.4) is 0 Å². The predicted octanol–water partition coefficient (Wildman–Crippen LogP) is 6.10. The van der Waals surface area contributed by atoms with E-state index in [1.165, 1.54) is 0 Å². The van der Waals surface area contributed by atoms with E-state index < -0.39 is 0 Å². The highest BCUT2D eigenvalue weighted by atomic mass is 35.5. The topological polar surface area (TPSA) is 107 Å². The SMILES string of the molecule is COc1ccc(N2C(=O)CCC[C@H]2c2nc3cc(-c4c(C)noc4C)cnc3n2C2CCC(O)CC2)cc1Cl. The van der Waals surface area contributed by atoms with E-state index in [9.17, 15) is 9.90 Å². The number of hydrogen-bond acceptors (Lipinski definition) is 7. The number of imidazole rings is 1. The highest BCUT2D eigenvalue weighted by Gasteiger charge is 2.37. The Hall–Kier alpha value is -3.43. The van der Waals surface area contributed by atoms with Gasteiger partial charge < -0.3 is 23.8 Å². The van der Waals surface area contributed by atoms with Crippen LogP contribution in [0.5, 0.6) is 5.75 Å². The Morgan fingerprint density at radius 2 is 1.92 bits per heavy atom. The van der Waals surface area contributed by atoms with Crippen LogP contribution in [0.25, 0.3) is 22.3 Å². The summed E-state index contributed by atoms with van der Waals surface area (Å²) in [6.07, 6.45) is 6.66. The molecule has 4 heterocycles. The molecule has 1 N–H and O–H groups in total. The van der Waals surface area contributed by atoms with Gasteiger partial charge in [0, 0.05) is 35.5 Å². The Balaban J connectivity index is 1.50. The van der Waals surface area contributed by atoms with E-state index in [2.05, 4.69) is 9.72 Å². The van der Waals surface area contributed by atoms with E-state index in [1.807, 2.05) is 37.1 Å². The highest BCUT2D eigenvalue weighted by molar-refractivity contribution is 6.32. The molecular weight excluding hydrogens is 518 g/mol. The Morgan fingerprint density at radius 1 is 1.13 bits per heavy atom. The van der Waals surface area contributed by atoms with E-state index in [-0.39, 0.29) is 24.1 Å². The zero-order valence-electron chi connectivity index (χ0n) is 22.4. The number of halogens is 1. The molecule has 2 aliphatic rings. The monoisotopic (exact) mass is 549 g/mol. The van der Waals surface area contributed by atoms with Gasteiger partial charge in [-0.05, 0) is 76.6 Å². The Kier molecular flexibility index (Phi) is 6.81. The number of fused-ring (bicyclic) bond motifs is 1. The maximum absolute atomic E-state index is 13.4. The number of carbonyl (C=O) groups is 1. The third kappa shape index (κ3) is 4.57. The molecule has 0 spiro atoms. The molecular formula is C29H32ClN5O4. The summed E-state index contributed by atoms with van der Waals surface area (Å²) in [5.74, 6) is 2.14. The minimum Gasteiger partial charge on any atom is -0.495 e. The fraction of sp³-hybridized carbons (Fsp3) is 0.448. The number of ether oxygens (including phenoxy) is 1. The molecule has 10 heteroatoms. The van der Waals surface area contributed by atoms with Crippen molar-refractivity contribution in [2.75, 3.05) is 12.0 Å². The smallest absolute Gasteiger partial charge is 0.227 e. The van der Waals surface area contributed by atoms with Crippen LogP contribution >= 0.6 is 11.6 Å². The van der Waals surface area contributed by atoms with Crippen LogP contribution in [-0.4, -0.2) is 43.9 Å². The quantitative estimate of drug-likeness (QED) is 0.320. The average Bonchev–Trinajstić information content (AvgIpc) is 3.47. The van der Waals surface area contributed by atoms with Crippen molar-refractivity contribution in [3.8, 4) is 16.9 Å². The zero-order valence-corrected chi connectivity index (χ0v) is 23.1. The molecule has 1 aliphatic carbocycles. The predicted molar refractivity (Wildman–Crippen MR) is 148 cm³/mol. The third-order valence-electron chi connectivity index (χ3n) is 8.07. The van der Waals surface area contributed by atoms with Crippen LogP contribution in [0.1, 0.15) is 74.3 Å². The zero-order chi connectivity index (χ0) is 27.3. The molecule has 9 nitrogen and oxygen atoms in total. The Morgan fingerprint density at radius 3 is 2.62 bits per heavy atom. The molecule has 0 bridgehead atoms. The lowest BCUT2D eigenvalue weighted by Gasteiger charge is -2.37. The van der Waals surface area contributed by atoms with Crippen molar-refractivity contribution < 1.29 is 19.2 Å². The summed E-state index contributed by atoms with van der Waals surface area (Å²) < 4.78 is 13.0. The molecule has 4 aromatic rings. The average molecular weight is 550 g/mol. The first kappa shape index (κ1) is 25.8. The number of amides is 1. The van der Waals surface area contributed by atoms with E-state index in [4.69, 9.17) is 30.8 Å². The molecule has 204 valence electrons. The van der Waals surface area contributed by atoms with Crippen LogP contribution in [0, 0.1) is 13.8 Å². The molecule has 0 radical (unpaired) electrons. The first-order chi connectivity index (χ1) is 18.9. The van der Waals surface area contributed by atoms with Gasteiger partial charge in [-0.25, -0.2) is 9.97 Å². The van der Waals surface area contributed by atoms with Gasteiger partial charge in [-0.1, -0.05) is 16.8 Å². The lowest BCUT2D eigenvalue weighted by Crippen LogP contribution is -2.40. The molecule has 39 heavy (non-hydrogen) atoms. The van der Waals surface area contributed by atoms with Gasteiger partial charge in [0.25, 0.3) is 0 Å². The van der Waals surface area contributed by atoms with Crippen LogP contribution in [-0.2, 0) is 4.79 Å². The molecule has 2 fully saturated rings. The largest absolute Gasteiger partial charge is 0.495 e. The fourth-order valence-corrected chi connectivity index (χ4v) is 6.44. The first-order valence-corrected chi connectivity index (χ1v) is 13.9. The number of hydrogen-bond donors (Lipinski definition) is 1. The number of aliphatic hydroxyl groups excluding tert-OH is 1. The second-order valence-corrected chi connectivity index (χ2v) is 11.0. The van der Waals surface area contributed by atoms with E-state index in [1.54, 1.807) is 19.2 Å². The number of piperidine rings is 1. The van der Waals surface area contributed by atoms with Crippen LogP contribution in [0.4, 0.5) is 5.69 Å². The Labute approximate surface area is 231 Å². The van der Waals surface area contributed by atoms with Gasteiger partial charge in [0.05, 0.1) is 30.0 Å². The maximum atomic E-state index is 13.4. The van der Waals surface area contributed by atoms with Crippen LogP contribution < -0.4 is 9.64 Å². The second kappa shape index (κ2) is 10.3. The molecule has 1 aromatic carbocycles. The second-order valence-electron chi connectivity index (χ2n) is 10.6. The number of nitrogens with zero attached hydrogens (tertiary/aromatic N) is 5. The Bertz CT molecular complexity index is 1520. The summed E-state index contributed by atoms with van der Waals surface area (Å²) in [6.45, 7) is 3.81. The van der Waals surface area contributed by atoms with Crippen LogP contribution in [0.15, 0.2) is 35.0 Å². The summed E-state index contributed by atoms with van der Waals surface area (Å²) >= 11 is 6.48. The van der Waals surface area contributed by atoms with E-state index >= 15 is 0 Å². The van der Waals surface area contributed by atoms with Crippen molar-refractivity contribution in [2.45, 2.75) is 77.0 Å². The molecule has 0 unspecified atom stereocenters. The maximum Gasteiger partial charge on any atom is 0.227 e. The molecule has 1 saturated heterocycles. The molecule has 1 aliphatic heterocycles. The fourth-order valence-electron chi connectivity index (χ4n) is 6.19. The number of rotatable bonds is 5. The molecule has 3 aromatic heterocycles.